The molecule has 3 aromatic rings. The zero-order valence-corrected chi connectivity index (χ0v) is 14.1. The smallest absolute Gasteiger partial charge is 0.312 e. The first-order valence-corrected chi connectivity index (χ1v) is 7.97. The molecule has 6 heteroatoms. The van der Waals surface area contributed by atoms with E-state index >= 15 is 0 Å². The highest BCUT2D eigenvalue weighted by molar-refractivity contribution is 6.30. The maximum Gasteiger partial charge on any atom is 0.365 e. The fourth-order valence-electron chi connectivity index (χ4n) is 2.21. The number of carbonyl (C=O) groups excluding carboxylic acids is 1. The van der Waals surface area contributed by atoms with Crippen molar-refractivity contribution >= 4 is 23.3 Å². The standard InChI is InChI=1S/C20H12ClF2NO2/c21-16-7-1-15(2-8-16)20(25)26-24-19(13-3-9-17(22)10-4-13)14-5-11-18(23)12-6-14/h1-12H. The Morgan fingerprint density at radius 1 is 0.731 bits per heavy atom. The molecular weight excluding hydrogens is 360 g/mol. The predicted molar refractivity (Wildman–Crippen MR) is 95.3 cm³/mol. The molecular formula is C20H12ClF2NO2. The number of benzene rings is 3. The van der Waals surface area contributed by atoms with E-state index in [1.54, 1.807) is 12.1 Å². The van der Waals surface area contributed by atoms with Crippen LogP contribution in [0.1, 0.15) is 21.5 Å². The molecule has 3 nitrogen and oxygen atoms in total. The van der Waals surface area contributed by atoms with Gasteiger partial charge in [0, 0.05) is 16.1 Å². The number of carbonyl (C=O) groups is 1. The summed E-state index contributed by atoms with van der Waals surface area (Å²) in [5, 5.41) is 4.40. The average Bonchev–Trinajstić information content (AvgIpc) is 2.65. The van der Waals surface area contributed by atoms with Gasteiger partial charge >= 0.3 is 5.97 Å². The van der Waals surface area contributed by atoms with E-state index in [1.807, 2.05) is 0 Å². The van der Waals surface area contributed by atoms with Crippen LogP contribution in [0.3, 0.4) is 0 Å². The molecule has 0 aliphatic rings. The van der Waals surface area contributed by atoms with Crippen LogP contribution >= 0.6 is 11.6 Å². The van der Waals surface area contributed by atoms with Gasteiger partial charge < -0.3 is 4.84 Å². The quantitative estimate of drug-likeness (QED) is 0.358. The van der Waals surface area contributed by atoms with Crippen LogP contribution in [-0.4, -0.2) is 11.7 Å². The summed E-state index contributed by atoms with van der Waals surface area (Å²) in [5.74, 6) is -1.50. The van der Waals surface area contributed by atoms with Crippen LogP contribution in [0.15, 0.2) is 78.0 Å². The monoisotopic (exact) mass is 371 g/mol. The third-order valence-corrected chi connectivity index (χ3v) is 3.79. The Balaban J connectivity index is 1.93. The molecule has 0 radical (unpaired) electrons. The van der Waals surface area contributed by atoms with Crippen LogP contribution in [0, 0.1) is 11.6 Å². The molecule has 0 unspecified atom stereocenters. The van der Waals surface area contributed by atoms with Gasteiger partial charge in [-0.1, -0.05) is 16.8 Å². The Morgan fingerprint density at radius 2 is 1.15 bits per heavy atom. The molecule has 0 fully saturated rings. The Bertz CT molecular complexity index is 890. The summed E-state index contributed by atoms with van der Waals surface area (Å²) in [6, 6.07) is 17.1. The minimum Gasteiger partial charge on any atom is -0.312 e. The van der Waals surface area contributed by atoms with Crippen molar-refractivity contribution in [3.05, 3.63) is 106 Å². The second kappa shape index (κ2) is 7.89. The Morgan fingerprint density at radius 3 is 1.62 bits per heavy atom. The highest BCUT2D eigenvalue weighted by atomic mass is 35.5. The molecule has 0 heterocycles. The van der Waals surface area contributed by atoms with Crippen molar-refractivity contribution in [2.75, 3.05) is 0 Å². The van der Waals surface area contributed by atoms with Crippen molar-refractivity contribution in [2.24, 2.45) is 5.16 Å². The first kappa shape index (κ1) is 17.8. The minimum atomic E-state index is -0.677. The normalized spacial score (nSPS) is 10.3. The molecule has 0 saturated heterocycles. The van der Waals surface area contributed by atoms with Crippen molar-refractivity contribution in [1.82, 2.24) is 0 Å². The second-order valence-corrected chi connectivity index (χ2v) is 5.78. The van der Waals surface area contributed by atoms with Gasteiger partial charge in [0.15, 0.2) is 0 Å². The van der Waals surface area contributed by atoms with Gasteiger partial charge in [-0.2, -0.15) is 0 Å². The van der Waals surface area contributed by atoms with Gasteiger partial charge in [-0.3, -0.25) is 0 Å². The van der Waals surface area contributed by atoms with Crippen molar-refractivity contribution < 1.29 is 18.4 Å². The lowest BCUT2D eigenvalue weighted by molar-refractivity contribution is 0.0517. The van der Waals surface area contributed by atoms with Crippen LogP contribution in [0.2, 0.25) is 5.02 Å². The van der Waals surface area contributed by atoms with E-state index in [2.05, 4.69) is 5.16 Å². The summed E-state index contributed by atoms with van der Waals surface area (Å²) in [4.78, 5) is 17.2. The summed E-state index contributed by atoms with van der Waals surface area (Å²) < 4.78 is 26.4. The Labute approximate surface area is 153 Å². The van der Waals surface area contributed by atoms with Gasteiger partial charge in [0.05, 0.1) is 5.56 Å². The van der Waals surface area contributed by atoms with Crippen molar-refractivity contribution in [1.29, 1.82) is 0 Å². The Hall–Kier alpha value is -3.05. The van der Waals surface area contributed by atoms with E-state index in [0.717, 1.165) is 0 Å². The average molecular weight is 372 g/mol. The van der Waals surface area contributed by atoms with Crippen molar-refractivity contribution in [2.45, 2.75) is 0 Å². The number of hydrogen-bond acceptors (Lipinski definition) is 3. The van der Waals surface area contributed by atoms with Crippen LogP contribution < -0.4 is 0 Å². The van der Waals surface area contributed by atoms with E-state index in [0.29, 0.717) is 16.1 Å². The topological polar surface area (TPSA) is 38.7 Å². The van der Waals surface area contributed by atoms with Crippen LogP contribution in [0.4, 0.5) is 8.78 Å². The second-order valence-electron chi connectivity index (χ2n) is 5.34. The van der Waals surface area contributed by atoms with Crippen molar-refractivity contribution in [3.63, 3.8) is 0 Å². The van der Waals surface area contributed by atoms with Gasteiger partial charge in [-0.25, -0.2) is 13.6 Å². The summed E-state index contributed by atoms with van der Waals surface area (Å²) in [6.07, 6.45) is 0. The highest BCUT2D eigenvalue weighted by Crippen LogP contribution is 2.15. The molecule has 3 aromatic carbocycles. The zero-order valence-electron chi connectivity index (χ0n) is 13.3. The van der Waals surface area contributed by atoms with Crippen LogP contribution in [-0.2, 0) is 4.84 Å². The SMILES string of the molecule is O=C(ON=C(c1ccc(F)cc1)c1ccc(F)cc1)c1ccc(Cl)cc1. The lowest BCUT2D eigenvalue weighted by Gasteiger charge is -2.07. The van der Waals surface area contributed by atoms with Crippen molar-refractivity contribution in [3.8, 4) is 0 Å². The molecule has 0 aliphatic carbocycles. The number of rotatable bonds is 4. The molecule has 0 aromatic heterocycles. The molecule has 0 N–H and O–H groups in total. The maximum atomic E-state index is 13.2. The first-order valence-electron chi connectivity index (χ1n) is 7.60. The summed E-state index contributed by atoms with van der Waals surface area (Å²) in [6.45, 7) is 0. The number of oxime groups is 1. The molecule has 26 heavy (non-hydrogen) atoms. The van der Waals surface area contributed by atoms with Crippen LogP contribution in [0.5, 0.6) is 0 Å². The highest BCUT2D eigenvalue weighted by Gasteiger charge is 2.12. The largest absolute Gasteiger partial charge is 0.365 e. The third-order valence-electron chi connectivity index (χ3n) is 3.54. The van der Waals surface area contributed by atoms with E-state index in [9.17, 15) is 13.6 Å². The van der Waals surface area contributed by atoms with Gasteiger partial charge in [0.2, 0.25) is 0 Å². The minimum absolute atomic E-state index is 0.271. The summed E-state index contributed by atoms with van der Waals surface area (Å²) in [5.41, 5.74) is 1.58. The molecule has 130 valence electrons. The predicted octanol–water partition coefficient (Wildman–Crippen LogP) is 5.23. The maximum absolute atomic E-state index is 13.2. The van der Waals surface area contributed by atoms with Gasteiger partial charge in [0.25, 0.3) is 0 Å². The molecule has 0 spiro atoms. The Kier molecular flexibility index (Phi) is 5.39. The third kappa shape index (κ3) is 4.32. The molecule has 0 aliphatic heterocycles. The number of halogens is 3. The molecule has 0 saturated carbocycles. The molecule has 0 atom stereocenters. The molecule has 0 amide bonds. The lowest BCUT2D eigenvalue weighted by atomic mass is 10.0. The number of hydrogen-bond donors (Lipinski definition) is 0. The molecule has 3 rings (SSSR count). The fourth-order valence-corrected chi connectivity index (χ4v) is 2.34. The van der Waals surface area contributed by atoms with E-state index in [-0.39, 0.29) is 11.3 Å². The van der Waals surface area contributed by atoms with E-state index < -0.39 is 17.6 Å². The van der Waals surface area contributed by atoms with Gasteiger partial charge in [-0.15, -0.1) is 0 Å². The summed E-state index contributed by atoms with van der Waals surface area (Å²) in [7, 11) is 0. The first-order chi connectivity index (χ1) is 12.5. The van der Waals surface area contributed by atoms with Gasteiger partial charge in [0.1, 0.15) is 17.3 Å². The van der Waals surface area contributed by atoms with Crippen LogP contribution in [0.25, 0.3) is 0 Å². The van der Waals surface area contributed by atoms with E-state index in [4.69, 9.17) is 16.4 Å². The molecule has 0 bridgehead atoms. The summed E-state index contributed by atoms with van der Waals surface area (Å²) >= 11 is 5.79. The lowest BCUT2D eigenvalue weighted by Crippen LogP contribution is -2.08. The fraction of sp³-hybridized carbons (Fsp3) is 0. The van der Waals surface area contributed by atoms with Gasteiger partial charge in [-0.05, 0) is 72.8 Å². The number of nitrogens with zero attached hydrogens (tertiary/aromatic N) is 1. The van der Waals surface area contributed by atoms with E-state index in [1.165, 1.54) is 60.7 Å². The zero-order chi connectivity index (χ0) is 18.5.